The molecular formula is C14H28N2O4. The summed E-state index contributed by atoms with van der Waals surface area (Å²) in [5, 5.41) is 18.1. The molecule has 1 unspecified atom stereocenters. The molecule has 0 spiro atoms. The molecule has 1 atom stereocenters. The standard InChI is InChI=1S/C14H28N2O4/c1-4-5-7-12(14(19)20)16(11-8-13(17)18)10-6-9-15(2)3/h12H,4-11H2,1-3H3,(H,17,18)(H,19,20). The van der Waals surface area contributed by atoms with Crippen LogP contribution in [0.1, 0.15) is 39.0 Å². The summed E-state index contributed by atoms with van der Waals surface area (Å²) < 4.78 is 0. The fourth-order valence-corrected chi connectivity index (χ4v) is 2.11. The van der Waals surface area contributed by atoms with E-state index in [4.69, 9.17) is 5.11 Å². The topological polar surface area (TPSA) is 81.1 Å². The van der Waals surface area contributed by atoms with E-state index in [2.05, 4.69) is 0 Å². The molecule has 0 heterocycles. The van der Waals surface area contributed by atoms with E-state index in [1.54, 1.807) is 4.90 Å². The lowest BCUT2D eigenvalue weighted by atomic mass is 10.1. The Kier molecular flexibility index (Phi) is 10.0. The van der Waals surface area contributed by atoms with Gasteiger partial charge in [0.1, 0.15) is 6.04 Å². The van der Waals surface area contributed by atoms with E-state index in [9.17, 15) is 14.7 Å². The number of unbranched alkanes of at least 4 members (excludes halogenated alkanes) is 1. The fourth-order valence-electron chi connectivity index (χ4n) is 2.11. The third-order valence-electron chi connectivity index (χ3n) is 3.22. The van der Waals surface area contributed by atoms with Crippen LogP contribution >= 0.6 is 0 Å². The lowest BCUT2D eigenvalue weighted by Gasteiger charge is -2.28. The average Bonchev–Trinajstić information content (AvgIpc) is 2.34. The number of carboxylic acid groups (broad SMARTS) is 2. The number of hydrogen-bond acceptors (Lipinski definition) is 4. The molecule has 20 heavy (non-hydrogen) atoms. The number of hydrogen-bond donors (Lipinski definition) is 2. The molecular weight excluding hydrogens is 260 g/mol. The summed E-state index contributed by atoms with van der Waals surface area (Å²) in [5.74, 6) is -1.74. The molecule has 0 aliphatic carbocycles. The monoisotopic (exact) mass is 288 g/mol. The first kappa shape index (κ1) is 18.9. The molecule has 0 radical (unpaired) electrons. The highest BCUT2D eigenvalue weighted by Gasteiger charge is 2.24. The molecule has 0 rings (SSSR count). The Morgan fingerprint density at radius 2 is 1.70 bits per heavy atom. The number of aliphatic carboxylic acids is 2. The lowest BCUT2D eigenvalue weighted by molar-refractivity contribution is -0.145. The molecule has 0 aromatic rings. The van der Waals surface area contributed by atoms with Crippen LogP contribution in [0.3, 0.4) is 0 Å². The van der Waals surface area contributed by atoms with Crippen LogP contribution < -0.4 is 0 Å². The molecule has 2 N–H and O–H groups in total. The third-order valence-corrected chi connectivity index (χ3v) is 3.22. The Labute approximate surface area is 121 Å². The summed E-state index contributed by atoms with van der Waals surface area (Å²) in [5.41, 5.74) is 0. The van der Waals surface area contributed by atoms with E-state index in [1.165, 1.54) is 0 Å². The summed E-state index contributed by atoms with van der Waals surface area (Å²) >= 11 is 0. The van der Waals surface area contributed by atoms with Crippen LogP contribution in [-0.4, -0.2) is 71.7 Å². The van der Waals surface area contributed by atoms with Crippen LogP contribution in [0.2, 0.25) is 0 Å². The third kappa shape index (κ3) is 8.87. The predicted octanol–water partition coefficient (Wildman–Crippen LogP) is 1.36. The van der Waals surface area contributed by atoms with Gasteiger partial charge >= 0.3 is 11.9 Å². The quantitative estimate of drug-likeness (QED) is 0.564. The van der Waals surface area contributed by atoms with Crippen LogP contribution in [0.15, 0.2) is 0 Å². The van der Waals surface area contributed by atoms with E-state index in [1.807, 2.05) is 25.9 Å². The summed E-state index contributed by atoms with van der Waals surface area (Å²) in [6, 6.07) is -0.573. The van der Waals surface area contributed by atoms with Gasteiger partial charge in [-0.1, -0.05) is 19.8 Å². The minimum absolute atomic E-state index is 0.0160. The molecule has 0 aromatic carbocycles. The van der Waals surface area contributed by atoms with Gasteiger partial charge in [0, 0.05) is 13.1 Å². The van der Waals surface area contributed by atoms with Gasteiger partial charge in [0.15, 0.2) is 0 Å². The molecule has 0 bridgehead atoms. The van der Waals surface area contributed by atoms with Crippen LogP contribution in [0.4, 0.5) is 0 Å². The van der Waals surface area contributed by atoms with Crippen molar-refractivity contribution in [1.82, 2.24) is 9.80 Å². The van der Waals surface area contributed by atoms with E-state index in [0.717, 1.165) is 25.8 Å². The number of carbonyl (C=O) groups is 2. The Hall–Kier alpha value is -1.14. The van der Waals surface area contributed by atoms with Crippen molar-refractivity contribution in [3.8, 4) is 0 Å². The van der Waals surface area contributed by atoms with E-state index in [-0.39, 0.29) is 6.42 Å². The minimum Gasteiger partial charge on any atom is -0.481 e. The fraction of sp³-hybridized carbons (Fsp3) is 0.857. The first-order valence-corrected chi connectivity index (χ1v) is 7.21. The van der Waals surface area contributed by atoms with Crippen molar-refractivity contribution >= 4 is 11.9 Å². The summed E-state index contributed by atoms with van der Waals surface area (Å²) in [4.78, 5) is 25.9. The smallest absolute Gasteiger partial charge is 0.320 e. The molecule has 118 valence electrons. The van der Waals surface area contributed by atoms with E-state index >= 15 is 0 Å². The number of carboxylic acids is 2. The van der Waals surface area contributed by atoms with Gasteiger partial charge < -0.3 is 15.1 Å². The molecule has 0 saturated heterocycles. The molecule has 0 fully saturated rings. The van der Waals surface area contributed by atoms with Crippen LogP contribution in [0.25, 0.3) is 0 Å². The molecule has 0 aliphatic rings. The highest BCUT2D eigenvalue weighted by atomic mass is 16.4. The Morgan fingerprint density at radius 1 is 1.05 bits per heavy atom. The molecule has 6 heteroatoms. The van der Waals surface area contributed by atoms with E-state index in [0.29, 0.717) is 19.5 Å². The van der Waals surface area contributed by atoms with Crippen molar-refractivity contribution in [3.05, 3.63) is 0 Å². The summed E-state index contributed by atoms with van der Waals surface area (Å²) in [6.07, 6.45) is 3.18. The maximum Gasteiger partial charge on any atom is 0.320 e. The van der Waals surface area contributed by atoms with Gasteiger partial charge in [-0.3, -0.25) is 14.5 Å². The van der Waals surface area contributed by atoms with Crippen LogP contribution in [0.5, 0.6) is 0 Å². The number of rotatable bonds is 12. The van der Waals surface area contributed by atoms with Crippen molar-refractivity contribution in [1.29, 1.82) is 0 Å². The molecule has 0 aromatic heterocycles. The van der Waals surface area contributed by atoms with Crippen molar-refractivity contribution in [2.75, 3.05) is 33.7 Å². The first-order valence-electron chi connectivity index (χ1n) is 7.21. The zero-order valence-corrected chi connectivity index (χ0v) is 12.8. The van der Waals surface area contributed by atoms with Crippen LogP contribution in [0, 0.1) is 0 Å². The Balaban J connectivity index is 4.56. The molecule has 0 amide bonds. The van der Waals surface area contributed by atoms with Crippen molar-refractivity contribution in [2.24, 2.45) is 0 Å². The highest BCUT2D eigenvalue weighted by Crippen LogP contribution is 2.11. The van der Waals surface area contributed by atoms with Crippen molar-refractivity contribution in [2.45, 2.75) is 45.1 Å². The average molecular weight is 288 g/mol. The normalized spacial score (nSPS) is 12.8. The van der Waals surface area contributed by atoms with E-state index < -0.39 is 18.0 Å². The molecule has 6 nitrogen and oxygen atoms in total. The lowest BCUT2D eigenvalue weighted by Crippen LogP contribution is -2.43. The predicted molar refractivity (Wildman–Crippen MR) is 77.9 cm³/mol. The number of nitrogens with zero attached hydrogens (tertiary/aromatic N) is 2. The second-order valence-corrected chi connectivity index (χ2v) is 5.33. The Morgan fingerprint density at radius 3 is 2.15 bits per heavy atom. The Bertz CT molecular complexity index is 295. The zero-order chi connectivity index (χ0) is 15.5. The maximum atomic E-state index is 11.4. The van der Waals surface area contributed by atoms with Gasteiger partial charge in [-0.15, -0.1) is 0 Å². The SMILES string of the molecule is CCCCC(C(=O)O)N(CCCN(C)C)CCC(=O)O. The molecule has 0 saturated carbocycles. The second-order valence-electron chi connectivity index (χ2n) is 5.33. The van der Waals surface area contributed by atoms with Crippen molar-refractivity contribution < 1.29 is 19.8 Å². The van der Waals surface area contributed by atoms with Gasteiger partial charge in [-0.25, -0.2) is 0 Å². The van der Waals surface area contributed by atoms with Gasteiger partial charge in [-0.05, 0) is 33.5 Å². The maximum absolute atomic E-state index is 11.4. The summed E-state index contributed by atoms with van der Waals surface area (Å²) in [6.45, 7) is 3.80. The van der Waals surface area contributed by atoms with Gasteiger partial charge in [0.05, 0.1) is 6.42 Å². The highest BCUT2D eigenvalue weighted by molar-refractivity contribution is 5.73. The van der Waals surface area contributed by atoms with Gasteiger partial charge in [-0.2, -0.15) is 0 Å². The van der Waals surface area contributed by atoms with Crippen LogP contribution in [-0.2, 0) is 9.59 Å². The minimum atomic E-state index is -0.887. The zero-order valence-electron chi connectivity index (χ0n) is 12.8. The first-order chi connectivity index (χ1) is 9.38. The largest absolute Gasteiger partial charge is 0.481 e. The summed E-state index contributed by atoms with van der Waals surface area (Å²) in [7, 11) is 3.93. The second kappa shape index (κ2) is 10.6. The molecule has 0 aliphatic heterocycles. The van der Waals surface area contributed by atoms with Gasteiger partial charge in [0.2, 0.25) is 0 Å². The van der Waals surface area contributed by atoms with Crippen molar-refractivity contribution in [3.63, 3.8) is 0 Å². The van der Waals surface area contributed by atoms with Gasteiger partial charge in [0.25, 0.3) is 0 Å².